The zero-order chi connectivity index (χ0) is 15.5. The van der Waals surface area contributed by atoms with Gasteiger partial charge in [0.05, 0.1) is 18.1 Å². The normalized spacial score (nSPS) is 17.8. The number of aromatic amines is 1. The third-order valence-electron chi connectivity index (χ3n) is 3.63. The Hall–Kier alpha value is -1.22. The van der Waals surface area contributed by atoms with Gasteiger partial charge in [-0.25, -0.2) is 13.1 Å². The van der Waals surface area contributed by atoms with Gasteiger partial charge in [-0.3, -0.25) is 9.69 Å². The number of rotatable bonds is 5. The molecule has 1 aliphatic heterocycles. The highest BCUT2D eigenvalue weighted by atomic mass is 32.2. The van der Waals surface area contributed by atoms with E-state index >= 15 is 0 Å². The molecule has 0 aliphatic carbocycles. The minimum absolute atomic E-state index is 0.0554. The maximum absolute atomic E-state index is 12.2. The molecule has 7 nitrogen and oxygen atoms in total. The summed E-state index contributed by atoms with van der Waals surface area (Å²) in [6, 6.07) is 2.49. The van der Waals surface area contributed by atoms with E-state index in [0.29, 0.717) is 13.2 Å². The van der Waals surface area contributed by atoms with E-state index in [-0.39, 0.29) is 22.5 Å². The molecule has 21 heavy (non-hydrogen) atoms. The van der Waals surface area contributed by atoms with E-state index in [4.69, 9.17) is 4.74 Å². The Bertz CT molecular complexity index is 613. The molecule has 0 saturated carbocycles. The number of nitrogens with one attached hydrogen (secondary N) is 2. The summed E-state index contributed by atoms with van der Waals surface area (Å²) in [6.07, 6.45) is 1.20. The molecule has 1 fully saturated rings. The molecule has 1 aliphatic rings. The summed E-state index contributed by atoms with van der Waals surface area (Å²) >= 11 is 0. The number of H-pyrrole nitrogens is 1. The van der Waals surface area contributed by atoms with Crippen LogP contribution in [0.25, 0.3) is 0 Å². The molecule has 1 aromatic heterocycles. The van der Waals surface area contributed by atoms with Gasteiger partial charge in [-0.1, -0.05) is 0 Å². The van der Waals surface area contributed by atoms with Crippen molar-refractivity contribution in [3.8, 4) is 0 Å². The fraction of sp³-hybridized carbons (Fsp3) is 0.615. The van der Waals surface area contributed by atoms with E-state index in [9.17, 15) is 13.2 Å². The maximum atomic E-state index is 12.2. The molecule has 0 amide bonds. The van der Waals surface area contributed by atoms with Crippen molar-refractivity contribution in [3.05, 3.63) is 28.7 Å². The molecule has 1 aromatic rings. The summed E-state index contributed by atoms with van der Waals surface area (Å²) in [5.74, 6) is 0. The van der Waals surface area contributed by atoms with Crippen LogP contribution in [0.2, 0.25) is 0 Å². The van der Waals surface area contributed by atoms with Gasteiger partial charge in [0.1, 0.15) is 0 Å². The highest BCUT2D eigenvalue weighted by Gasteiger charge is 2.29. The largest absolute Gasteiger partial charge is 0.379 e. The van der Waals surface area contributed by atoms with Gasteiger partial charge >= 0.3 is 0 Å². The fourth-order valence-corrected chi connectivity index (χ4v) is 3.37. The summed E-state index contributed by atoms with van der Waals surface area (Å²) in [5.41, 5.74) is -0.637. The molecule has 2 N–H and O–H groups in total. The topological polar surface area (TPSA) is 91.5 Å². The zero-order valence-electron chi connectivity index (χ0n) is 12.3. The van der Waals surface area contributed by atoms with Crippen molar-refractivity contribution in [1.29, 1.82) is 0 Å². The van der Waals surface area contributed by atoms with Crippen molar-refractivity contribution in [1.82, 2.24) is 14.6 Å². The summed E-state index contributed by atoms with van der Waals surface area (Å²) < 4.78 is 32.3. The van der Waals surface area contributed by atoms with Crippen LogP contribution in [0.5, 0.6) is 0 Å². The number of nitrogens with zero attached hydrogens (tertiary/aromatic N) is 1. The smallest absolute Gasteiger partial charge is 0.247 e. The van der Waals surface area contributed by atoms with Crippen LogP contribution in [-0.2, 0) is 14.8 Å². The highest BCUT2D eigenvalue weighted by Crippen LogP contribution is 2.16. The SMILES string of the molecule is CC(C)(CNS(=O)(=O)c1ccc(=O)[nH]c1)N1CCOCC1. The van der Waals surface area contributed by atoms with E-state index in [1.54, 1.807) is 0 Å². The van der Waals surface area contributed by atoms with Gasteiger partial charge in [0.25, 0.3) is 0 Å². The van der Waals surface area contributed by atoms with Gasteiger partial charge in [0, 0.05) is 37.4 Å². The Morgan fingerprint density at radius 2 is 2.00 bits per heavy atom. The van der Waals surface area contributed by atoms with Crippen molar-refractivity contribution < 1.29 is 13.2 Å². The van der Waals surface area contributed by atoms with E-state index in [0.717, 1.165) is 13.1 Å². The van der Waals surface area contributed by atoms with E-state index in [1.165, 1.54) is 18.3 Å². The van der Waals surface area contributed by atoms with Gasteiger partial charge in [0.2, 0.25) is 15.6 Å². The third-order valence-corrected chi connectivity index (χ3v) is 5.03. The van der Waals surface area contributed by atoms with Crippen molar-refractivity contribution in [2.24, 2.45) is 0 Å². The lowest BCUT2D eigenvalue weighted by molar-refractivity contribution is -0.00803. The van der Waals surface area contributed by atoms with Gasteiger partial charge in [0.15, 0.2) is 0 Å². The molecular weight excluding hydrogens is 294 g/mol. The van der Waals surface area contributed by atoms with Crippen molar-refractivity contribution >= 4 is 10.0 Å². The predicted octanol–water partition coefficient (Wildman–Crippen LogP) is -0.236. The quantitative estimate of drug-likeness (QED) is 0.783. The molecule has 2 heterocycles. The minimum atomic E-state index is -3.63. The number of ether oxygens (including phenoxy) is 1. The van der Waals surface area contributed by atoms with Gasteiger partial charge in [-0.05, 0) is 19.9 Å². The van der Waals surface area contributed by atoms with Crippen LogP contribution in [0.3, 0.4) is 0 Å². The molecule has 0 radical (unpaired) electrons. The first kappa shape index (κ1) is 16.2. The average Bonchev–Trinajstić information content (AvgIpc) is 2.47. The first-order valence-corrected chi connectivity index (χ1v) is 8.31. The second kappa shape index (κ2) is 6.27. The third kappa shape index (κ3) is 4.13. The van der Waals surface area contributed by atoms with Crippen LogP contribution in [0.4, 0.5) is 0 Å². The van der Waals surface area contributed by atoms with E-state index in [2.05, 4.69) is 14.6 Å². The van der Waals surface area contributed by atoms with Gasteiger partial charge in [-0.15, -0.1) is 0 Å². The Labute approximate surface area is 124 Å². The Kier molecular flexibility index (Phi) is 4.82. The Balaban J connectivity index is 2.03. The fourth-order valence-electron chi connectivity index (χ4n) is 2.20. The molecular formula is C13H21N3O4S. The highest BCUT2D eigenvalue weighted by molar-refractivity contribution is 7.89. The number of sulfonamides is 1. The lowest BCUT2D eigenvalue weighted by Gasteiger charge is -2.40. The van der Waals surface area contributed by atoms with Crippen LogP contribution < -0.4 is 10.3 Å². The summed E-state index contributed by atoms with van der Waals surface area (Å²) in [6.45, 7) is 7.17. The van der Waals surface area contributed by atoms with Crippen LogP contribution in [0, 0.1) is 0 Å². The molecule has 8 heteroatoms. The molecule has 0 unspecified atom stereocenters. The number of aromatic nitrogens is 1. The van der Waals surface area contributed by atoms with Crippen LogP contribution in [0.1, 0.15) is 13.8 Å². The Morgan fingerprint density at radius 3 is 2.57 bits per heavy atom. The summed E-state index contributed by atoms with van der Waals surface area (Å²) in [5, 5.41) is 0. The van der Waals surface area contributed by atoms with E-state index in [1.807, 2.05) is 13.8 Å². The van der Waals surface area contributed by atoms with E-state index < -0.39 is 10.0 Å². The van der Waals surface area contributed by atoms with Gasteiger partial charge < -0.3 is 9.72 Å². The second-order valence-electron chi connectivity index (χ2n) is 5.63. The number of morpholine rings is 1. The first-order chi connectivity index (χ1) is 9.81. The monoisotopic (exact) mass is 315 g/mol. The molecule has 2 rings (SSSR count). The second-order valence-corrected chi connectivity index (χ2v) is 7.39. The lowest BCUT2D eigenvalue weighted by Crippen LogP contribution is -2.55. The van der Waals surface area contributed by atoms with Crippen molar-refractivity contribution in [2.75, 3.05) is 32.8 Å². The van der Waals surface area contributed by atoms with Crippen molar-refractivity contribution in [2.45, 2.75) is 24.3 Å². The Morgan fingerprint density at radius 1 is 1.33 bits per heavy atom. The predicted molar refractivity (Wildman–Crippen MR) is 78.7 cm³/mol. The average molecular weight is 315 g/mol. The van der Waals surface area contributed by atoms with Crippen LogP contribution in [-0.4, -0.2) is 56.7 Å². The van der Waals surface area contributed by atoms with Gasteiger partial charge in [-0.2, -0.15) is 0 Å². The van der Waals surface area contributed by atoms with Crippen LogP contribution >= 0.6 is 0 Å². The minimum Gasteiger partial charge on any atom is -0.379 e. The lowest BCUT2D eigenvalue weighted by atomic mass is 10.0. The number of hydrogen-bond acceptors (Lipinski definition) is 5. The first-order valence-electron chi connectivity index (χ1n) is 6.82. The molecule has 118 valence electrons. The van der Waals surface area contributed by atoms with Crippen molar-refractivity contribution in [3.63, 3.8) is 0 Å². The zero-order valence-corrected chi connectivity index (χ0v) is 13.1. The number of pyridine rings is 1. The molecule has 0 atom stereocenters. The molecule has 1 saturated heterocycles. The summed E-state index contributed by atoms with van der Waals surface area (Å²) in [7, 11) is -3.63. The number of hydrogen-bond donors (Lipinski definition) is 2. The molecule has 0 spiro atoms. The molecule has 0 bridgehead atoms. The molecule has 0 aromatic carbocycles. The van der Waals surface area contributed by atoms with Crippen LogP contribution in [0.15, 0.2) is 28.0 Å². The summed E-state index contributed by atoms with van der Waals surface area (Å²) in [4.78, 5) is 15.6. The standard InChI is InChI=1S/C13H21N3O4S/c1-13(2,16-5-7-20-8-6-16)10-15-21(18,19)11-3-4-12(17)14-9-11/h3-4,9,15H,5-8,10H2,1-2H3,(H,14,17). The maximum Gasteiger partial charge on any atom is 0.247 e.